The summed E-state index contributed by atoms with van der Waals surface area (Å²) in [6, 6.07) is 15.2. The average molecular weight is 326 g/mol. The maximum atomic E-state index is 12.2. The highest BCUT2D eigenvalue weighted by Crippen LogP contribution is 2.17. The Balaban J connectivity index is 1.70. The summed E-state index contributed by atoms with van der Waals surface area (Å²) in [5.74, 6) is -0.245. The lowest BCUT2D eigenvalue weighted by atomic mass is 10.1. The maximum absolute atomic E-state index is 12.2. The minimum absolute atomic E-state index is 0.245. The van der Waals surface area contributed by atoms with Gasteiger partial charge in [0.15, 0.2) is 0 Å². The molecule has 2 aromatic carbocycles. The van der Waals surface area contributed by atoms with E-state index in [1.165, 1.54) is 5.56 Å². The standard InChI is InChI=1S/C18H16ClN3O/c1-13-5-4-6-14(9-13)11-22-12-15(10-20-22)21-18(23)16-7-2-3-8-17(16)19/h2-10,12H,11H2,1H3,(H,21,23). The molecule has 1 N–H and O–H groups in total. The molecule has 0 aliphatic heterocycles. The van der Waals surface area contributed by atoms with Crippen LogP contribution in [0.25, 0.3) is 0 Å². The Morgan fingerprint density at radius 1 is 1.22 bits per heavy atom. The van der Waals surface area contributed by atoms with Crippen LogP contribution in [0.4, 0.5) is 5.69 Å². The van der Waals surface area contributed by atoms with Crippen molar-refractivity contribution in [1.29, 1.82) is 0 Å². The largest absolute Gasteiger partial charge is 0.319 e. The number of hydrogen-bond acceptors (Lipinski definition) is 2. The molecule has 1 heterocycles. The zero-order chi connectivity index (χ0) is 16.2. The zero-order valence-corrected chi connectivity index (χ0v) is 13.4. The number of aromatic nitrogens is 2. The lowest BCUT2D eigenvalue weighted by Gasteiger charge is -2.04. The van der Waals surface area contributed by atoms with Gasteiger partial charge >= 0.3 is 0 Å². The third kappa shape index (κ3) is 3.79. The summed E-state index contributed by atoms with van der Waals surface area (Å²) < 4.78 is 1.79. The van der Waals surface area contributed by atoms with E-state index in [2.05, 4.69) is 35.5 Å². The minimum atomic E-state index is -0.245. The normalized spacial score (nSPS) is 10.5. The lowest BCUT2D eigenvalue weighted by Crippen LogP contribution is -2.11. The number of aryl methyl sites for hydroxylation is 1. The highest BCUT2D eigenvalue weighted by molar-refractivity contribution is 6.34. The van der Waals surface area contributed by atoms with Gasteiger partial charge in [-0.25, -0.2) is 0 Å². The van der Waals surface area contributed by atoms with Crippen LogP contribution in [-0.4, -0.2) is 15.7 Å². The van der Waals surface area contributed by atoms with Crippen LogP contribution in [0.5, 0.6) is 0 Å². The number of hydrogen-bond donors (Lipinski definition) is 1. The monoisotopic (exact) mass is 325 g/mol. The second kappa shape index (κ2) is 6.67. The van der Waals surface area contributed by atoms with Gasteiger partial charge in [-0.05, 0) is 24.6 Å². The summed E-state index contributed by atoms with van der Waals surface area (Å²) in [4.78, 5) is 12.2. The molecule has 0 aliphatic carbocycles. The van der Waals surface area contributed by atoms with Crippen molar-refractivity contribution in [2.45, 2.75) is 13.5 Å². The second-order valence-corrected chi connectivity index (χ2v) is 5.76. The van der Waals surface area contributed by atoms with Gasteiger partial charge in [0.05, 0.1) is 29.0 Å². The van der Waals surface area contributed by atoms with Crippen LogP contribution in [-0.2, 0) is 6.54 Å². The van der Waals surface area contributed by atoms with Gasteiger partial charge in [-0.1, -0.05) is 53.6 Å². The van der Waals surface area contributed by atoms with E-state index >= 15 is 0 Å². The summed E-state index contributed by atoms with van der Waals surface area (Å²) in [6.45, 7) is 2.71. The minimum Gasteiger partial charge on any atom is -0.319 e. The topological polar surface area (TPSA) is 46.9 Å². The van der Waals surface area contributed by atoms with Crippen LogP contribution in [0.2, 0.25) is 5.02 Å². The molecule has 116 valence electrons. The molecule has 4 nitrogen and oxygen atoms in total. The van der Waals surface area contributed by atoms with Crippen LogP contribution in [0.1, 0.15) is 21.5 Å². The van der Waals surface area contributed by atoms with E-state index in [9.17, 15) is 4.79 Å². The fourth-order valence-corrected chi connectivity index (χ4v) is 2.58. The van der Waals surface area contributed by atoms with Gasteiger partial charge in [0.1, 0.15) is 0 Å². The van der Waals surface area contributed by atoms with Crippen LogP contribution >= 0.6 is 11.6 Å². The number of carbonyl (C=O) groups excluding carboxylic acids is 1. The highest BCUT2D eigenvalue weighted by atomic mass is 35.5. The van der Waals surface area contributed by atoms with Gasteiger partial charge in [0.2, 0.25) is 0 Å². The molecule has 0 fully saturated rings. The molecular formula is C18H16ClN3O. The first kappa shape index (κ1) is 15.3. The van der Waals surface area contributed by atoms with Crippen molar-refractivity contribution in [2.24, 2.45) is 0 Å². The van der Waals surface area contributed by atoms with Crippen LogP contribution in [0.15, 0.2) is 60.9 Å². The Bertz CT molecular complexity index is 842. The Hall–Kier alpha value is -2.59. The Morgan fingerprint density at radius 3 is 2.83 bits per heavy atom. The first-order valence-electron chi connectivity index (χ1n) is 7.26. The van der Waals surface area contributed by atoms with Crippen molar-refractivity contribution < 1.29 is 4.79 Å². The van der Waals surface area contributed by atoms with E-state index in [1.807, 2.05) is 6.07 Å². The van der Waals surface area contributed by atoms with Gasteiger partial charge in [0, 0.05) is 6.20 Å². The summed E-state index contributed by atoms with van der Waals surface area (Å²) in [7, 11) is 0. The number of anilines is 1. The van der Waals surface area contributed by atoms with Crippen LogP contribution in [0, 0.1) is 6.92 Å². The molecule has 0 spiro atoms. The van der Waals surface area contributed by atoms with Crippen molar-refractivity contribution in [3.05, 3.63) is 82.6 Å². The molecule has 0 saturated heterocycles. The summed E-state index contributed by atoms with van der Waals surface area (Å²) in [5, 5.41) is 7.52. The van der Waals surface area contributed by atoms with Gasteiger partial charge in [-0.3, -0.25) is 9.48 Å². The summed E-state index contributed by atoms with van der Waals surface area (Å²) in [5.41, 5.74) is 3.46. The van der Waals surface area contributed by atoms with Crippen molar-refractivity contribution in [1.82, 2.24) is 9.78 Å². The van der Waals surface area contributed by atoms with E-state index < -0.39 is 0 Å². The predicted molar refractivity (Wildman–Crippen MR) is 91.9 cm³/mol. The van der Waals surface area contributed by atoms with Gasteiger partial charge < -0.3 is 5.32 Å². The van der Waals surface area contributed by atoms with E-state index in [1.54, 1.807) is 41.3 Å². The lowest BCUT2D eigenvalue weighted by molar-refractivity contribution is 0.102. The number of nitrogens with zero attached hydrogens (tertiary/aromatic N) is 2. The van der Waals surface area contributed by atoms with E-state index in [0.29, 0.717) is 22.8 Å². The average Bonchev–Trinajstić information content (AvgIpc) is 2.94. The molecule has 3 rings (SSSR count). The highest BCUT2D eigenvalue weighted by Gasteiger charge is 2.10. The smallest absolute Gasteiger partial charge is 0.257 e. The van der Waals surface area contributed by atoms with Gasteiger partial charge in [0.25, 0.3) is 5.91 Å². The third-order valence-electron chi connectivity index (χ3n) is 3.44. The van der Waals surface area contributed by atoms with Gasteiger partial charge in [-0.15, -0.1) is 0 Å². The molecule has 1 amide bonds. The predicted octanol–water partition coefficient (Wildman–Crippen LogP) is 4.15. The fraction of sp³-hybridized carbons (Fsp3) is 0.111. The Morgan fingerprint density at radius 2 is 2.04 bits per heavy atom. The zero-order valence-electron chi connectivity index (χ0n) is 12.7. The number of amides is 1. The SMILES string of the molecule is Cc1cccc(Cn2cc(NC(=O)c3ccccc3Cl)cn2)c1. The second-order valence-electron chi connectivity index (χ2n) is 5.35. The molecule has 23 heavy (non-hydrogen) atoms. The fourth-order valence-electron chi connectivity index (χ4n) is 2.36. The number of carbonyl (C=O) groups is 1. The van der Waals surface area contributed by atoms with Crippen LogP contribution < -0.4 is 5.32 Å². The van der Waals surface area contributed by atoms with Crippen molar-refractivity contribution in [3.63, 3.8) is 0 Å². The summed E-state index contributed by atoms with van der Waals surface area (Å²) in [6.07, 6.45) is 3.43. The Kier molecular flexibility index (Phi) is 4.44. The van der Waals surface area contributed by atoms with E-state index in [-0.39, 0.29) is 5.91 Å². The molecule has 5 heteroatoms. The molecule has 3 aromatic rings. The molecule has 0 radical (unpaired) electrons. The third-order valence-corrected chi connectivity index (χ3v) is 3.77. The van der Waals surface area contributed by atoms with Crippen LogP contribution in [0.3, 0.4) is 0 Å². The molecule has 0 bridgehead atoms. The van der Waals surface area contributed by atoms with Crippen molar-refractivity contribution in [3.8, 4) is 0 Å². The van der Waals surface area contributed by atoms with E-state index in [0.717, 1.165) is 5.56 Å². The van der Waals surface area contributed by atoms with E-state index in [4.69, 9.17) is 11.6 Å². The maximum Gasteiger partial charge on any atom is 0.257 e. The van der Waals surface area contributed by atoms with Crippen molar-refractivity contribution in [2.75, 3.05) is 5.32 Å². The Labute approximate surface area is 139 Å². The van der Waals surface area contributed by atoms with Crippen molar-refractivity contribution >= 4 is 23.2 Å². The molecular weight excluding hydrogens is 310 g/mol. The number of rotatable bonds is 4. The number of halogens is 1. The quantitative estimate of drug-likeness (QED) is 0.783. The molecule has 0 aliphatic rings. The number of nitrogens with one attached hydrogen (secondary N) is 1. The van der Waals surface area contributed by atoms with Gasteiger partial charge in [-0.2, -0.15) is 5.10 Å². The molecule has 0 saturated carbocycles. The molecule has 1 aromatic heterocycles. The first-order chi connectivity index (χ1) is 11.1. The molecule has 0 unspecified atom stereocenters. The number of benzene rings is 2. The molecule has 0 atom stereocenters. The first-order valence-corrected chi connectivity index (χ1v) is 7.63. The summed E-state index contributed by atoms with van der Waals surface area (Å²) >= 11 is 6.03.